The van der Waals surface area contributed by atoms with E-state index in [9.17, 15) is 4.79 Å². The number of hydrogen-bond donors (Lipinski definition) is 2. The number of fused-ring (bicyclic) bond motifs is 1. The van der Waals surface area contributed by atoms with Crippen LogP contribution in [-0.2, 0) is 0 Å². The SMILES string of the molecule is O=C(NC(=S)Nc1cccc2ccccc12)c1ccccc1Br. The molecule has 5 heteroatoms. The van der Waals surface area contributed by atoms with Crippen LogP contribution in [0, 0.1) is 0 Å². The number of benzene rings is 3. The van der Waals surface area contributed by atoms with Crippen molar-refractivity contribution in [3.8, 4) is 0 Å². The molecule has 0 bridgehead atoms. The summed E-state index contributed by atoms with van der Waals surface area (Å²) in [4.78, 5) is 12.3. The van der Waals surface area contributed by atoms with Crippen molar-refractivity contribution in [2.75, 3.05) is 5.32 Å². The molecule has 3 nitrogen and oxygen atoms in total. The number of carbonyl (C=O) groups is 1. The van der Waals surface area contributed by atoms with Crippen LogP contribution in [0.4, 0.5) is 5.69 Å². The van der Waals surface area contributed by atoms with Crippen LogP contribution in [0.2, 0.25) is 0 Å². The Balaban J connectivity index is 1.77. The third kappa shape index (κ3) is 3.57. The van der Waals surface area contributed by atoms with E-state index in [2.05, 4.69) is 26.6 Å². The van der Waals surface area contributed by atoms with Crippen molar-refractivity contribution in [3.63, 3.8) is 0 Å². The van der Waals surface area contributed by atoms with E-state index >= 15 is 0 Å². The van der Waals surface area contributed by atoms with E-state index in [-0.39, 0.29) is 11.0 Å². The summed E-state index contributed by atoms with van der Waals surface area (Å²) in [6.07, 6.45) is 0. The molecule has 3 aromatic carbocycles. The largest absolute Gasteiger partial charge is 0.332 e. The maximum absolute atomic E-state index is 12.3. The van der Waals surface area contributed by atoms with Gasteiger partial charge in [-0.2, -0.15) is 0 Å². The van der Waals surface area contributed by atoms with Gasteiger partial charge in [-0.25, -0.2) is 0 Å². The van der Waals surface area contributed by atoms with Gasteiger partial charge in [-0.15, -0.1) is 0 Å². The van der Waals surface area contributed by atoms with Gasteiger partial charge in [-0.05, 0) is 51.7 Å². The summed E-state index contributed by atoms with van der Waals surface area (Å²) in [7, 11) is 0. The fraction of sp³-hybridized carbons (Fsp3) is 0. The molecule has 2 N–H and O–H groups in total. The van der Waals surface area contributed by atoms with Gasteiger partial charge in [0.1, 0.15) is 0 Å². The third-order valence-corrected chi connectivity index (χ3v) is 4.28. The first-order valence-corrected chi connectivity index (χ1v) is 8.20. The Hall–Kier alpha value is -2.24. The van der Waals surface area contributed by atoms with Crippen LogP contribution in [0.3, 0.4) is 0 Å². The smallest absolute Gasteiger partial charge is 0.258 e. The van der Waals surface area contributed by atoms with E-state index < -0.39 is 0 Å². The van der Waals surface area contributed by atoms with E-state index in [1.54, 1.807) is 12.1 Å². The summed E-state index contributed by atoms with van der Waals surface area (Å²) in [6, 6.07) is 21.1. The molecule has 3 rings (SSSR count). The lowest BCUT2D eigenvalue weighted by molar-refractivity contribution is 0.0977. The van der Waals surface area contributed by atoms with E-state index in [0.29, 0.717) is 5.56 Å². The van der Waals surface area contributed by atoms with Crippen LogP contribution in [0.25, 0.3) is 10.8 Å². The molecule has 1 amide bonds. The van der Waals surface area contributed by atoms with Gasteiger partial charge < -0.3 is 5.32 Å². The van der Waals surface area contributed by atoms with Crippen molar-refractivity contribution in [3.05, 3.63) is 76.8 Å². The number of hydrogen-bond acceptors (Lipinski definition) is 2. The van der Waals surface area contributed by atoms with Crippen molar-refractivity contribution < 1.29 is 4.79 Å². The van der Waals surface area contributed by atoms with Gasteiger partial charge in [0.2, 0.25) is 0 Å². The summed E-state index contributed by atoms with van der Waals surface area (Å²) in [5, 5.41) is 8.21. The number of carbonyl (C=O) groups excluding carboxylic acids is 1. The van der Waals surface area contributed by atoms with Crippen LogP contribution in [0.1, 0.15) is 10.4 Å². The lowest BCUT2D eigenvalue weighted by Gasteiger charge is -2.12. The zero-order chi connectivity index (χ0) is 16.2. The molecule has 0 aromatic heterocycles. The molecule has 0 aliphatic carbocycles. The molecule has 0 saturated carbocycles. The molecular formula is C18H13BrN2OS. The highest BCUT2D eigenvalue weighted by atomic mass is 79.9. The lowest BCUT2D eigenvalue weighted by atomic mass is 10.1. The van der Waals surface area contributed by atoms with Gasteiger partial charge in [0, 0.05) is 15.5 Å². The Kier molecular flexibility index (Phi) is 4.69. The minimum absolute atomic E-state index is 0.254. The average molecular weight is 385 g/mol. The molecule has 0 saturated heterocycles. The molecule has 0 radical (unpaired) electrons. The fourth-order valence-electron chi connectivity index (χ4n) is 2.30. The van der Waals surface area contributed by atoms with Crippen molar-refractivity contribution in [1.29, 1.82) is 0 Å². The number of amides is 1. The number of thiocarbonyl (C=S) groups is 1. The topological polar surface area (TPSA) is 41.1 Å². The van der Waals surface area contributed by atoms with Crippen LogP contribution in [0.15, 0.2) is 71.2 Å². The Morgan fingerprint density at radius 1 is 0.913 bits per heavy atom. The van der Waals surface area contributed by atoms with Crippen molar-refractivity contribution in [1.82, 2.24) is 5.32 Å². The highest BCUT2D eigenvalue weighted by Gasteiger charge is 2.11. The predicted octanol–water partition coefficient (Wildman–Crippen LogP) is 4.73. The normalized spacial score (nSPS) is 10.3. The zero-order valence-corrected chi connectivity index (χ0v) is 14.4. The van der Waals surface area contributed by atoms with Gasteiger partial charge in [0.25, 0.3) is 5.91 Å². The van der Waals surface area contributed by atoms with Gasteiger partial charge in [0.15, 0.2) is 5.11 Å². The lowest BCUT2D eigenvalue weighted by Crippen LogP contribution is -2.34. The van der Waals surface area contributed by atoms with Crippen LogP contribution < -0.4 is 10.6 Å². The summed E-state index contributed by atoms with van der Waals surface area (Å²) in [6.45, 7) is 0. The summed E-state index contributed by atoms with van der Waals surface area (Å²) in [5.74, 6) is -0.254. The van der Waals surface area contributed by atoms with Gasteiger partial charge in [-0.1, -0.05) is 48.5 Å². The Labute approximate surface area is 147 Å². The number of halogens is 1. The predicted molar refractivity (Wildman–Crippen MR) is 102 cm³/mol. The van der Waals surface area contributed by atoms with E-state index in [1.165, 1.54) is 0 Å². The monoisotopic (exact) mass is 384 g/mol. The molecule has 0 unspecified atom stereocenters. The molecule has 0 atom stereocenters. The summed E-state index contributed by atoms with van der Waals surface area (Å²) in [5.41, 5.74) is 1.40. The number of rotatable bonds is 2. The Bertz CT molecular complexity index is 890. The van der Waals surface area contributed by atoms with E-state index in [0.717, 1.165) is 20.9 Å². The van der Waals surface area contributed by atoms with Crippen molar-refractivity contribution in [2.24, 2.45) is 0 Å². The highest BCUT2D eigenvalue weighted by molar-refractivity contribution is 9.10. The van der Waals surface area contributed by atoms with Gasteiger partial charge in [-0.3, -0.25) is 10.1 Å². The molecule has 114 valence electrons. The minimum atomic E-state index is -0.254. The summed E-state index contributed by atoms with van der Waals surface area (Å²) >= 11 is 8.62. The number of anilines is 1. The van der Waals surface area contributed by atoms with Crippen LogP contribution in [0.5, 0.6) is 0 Å². The van der Waals surface area contributed by atoms with E-state index in [1.807, 2.05) is 54.6 Å². The van der Waals surface area contributed by atoms with E-state index in [4.69, 9.17) is 12.2 Å². The number of nitrogens with one attached hydrogen (secondary N) is 2. The second kappa shape index (κ2) is 6.89. The molecule has 3 aromatic rings. The van der Waals surface area contributed by atoms with Crippen LogP contribution in [-0.4, -0.2) is 11.0 Å². The Morgan fingerprint density at radius 2 is 1.61 bits per heavy atom. The standard InChI is InChI=1S/C18H13BrN2OS/c19-15-10-4-3-9-14(15)17(22)21-18(23)20-16-11-5-7-12-6-1-2-8-13(12)16/h1-11H,(H2,20,21,22,23). The van der Waals surface area contributed by atoms with Gasteiger partial charge in [0.05, 0.1) is 5.56 Å². The van der Waals surface area contributed by atoms with Crippen LogP contribution >= 0.6 is 28.1 Å². The molecule has 23 heavy (non-hydrogen) atoms. The fourth-order valence-corrected chi connectivity index (χ4v) is 2.97. The highest BCUT2D eigenvalue weighted by Crippen LogP contribution is 2.23. The zero-order valence-electron chi connectivity index (χ0n) is 12.0. The molecule has 0 spiro atoms. The first-order valence-electron chi connectivity index (χ1n) is 7.00. The first kappa shape index (κ1) is 15.6. The van der Waals surface area contributed by atoms with Crippen molar-refractivity contribution in [2.45, 2.75) is 0 Å². The Morgan fingerprint density at radius 3 is 2.43 bits per heavy atom. The third-order valence-electron chi connectivity index (χ3n) is 3.38. The second-order valence-electron chi connectivity index (χ2n) is 4.91. The summed E-state index contributed by atoms with van der Waals surface area (Å²) < 4.78 is 0.727. The molecule has 0 aliphatic heterocycles. The second-order valence-corrected chi connectivity index (χ2v) is 6.18. The quantitative estimate of drug-likeness (QED) is 0.627. The van der Waals surface area contributed by atoms with Crippen molar-refractivity contribution >= 4 is 55.6 Å². The molecule has 0 aliphatic rings. The molecule has 0 heterocycles. The maximum atomic E-state index is 12.3. The average Bonchev–Trinajstić information content (AvgIpc) is 2.55. The minimum Gasteiger partial charge on any atom is -0.332 e. The van der Waals surface area contributed by atoms with Gasteiger partial charge >= 0.3 is 0 Å². The maximum Gasteiger partial charge on any atom is 0.258 e. The molecule has 0 fully saturated rings. The molecular weight excluding hydrogens is 372 g/mol. The first-order chi connectivity index (χ1) is 11.1.